The summed E-state index contributed by atoms with van der Waals surface area (Å²) in [6, 6.07) is 11.3. The maximum atomic E-state index is 14.0. The Morgan fingerprint density at radius 2 is 1.93 bits per heavy atom. The third kappa shape index (κ3) is 5.82. The van der Waals surface area contributed by atoms with Gasteiger partial charge in [0.15, 0.2) is 0 Å². The molecular weight excluding hydrogens is 596 g/mol. The van der Waals surface area contributed by atoms with E-state index >= 15 is 0 Å². The summed E-state index contributed by atoms with van der Waals surface area (Å²) in [7, 11) is 1.86. The first-order valence-corrected chi connectivity index (χ1v) is 15.1. The number of rotatable bonds is 9. The normalized spacial score (nSPS) is 14.8. The van der Waals surface area contributed by atoms with Crippen molar-refractivity contribution in [2.24, 2.45) is 12.5 Å². The van der Waals surface area contributed by atoms with Gasteiger partial charge in [0.1, 0.15) is 17.3 Å². The van der Waals surface area contributed by atoms with Gasteiger partial charge in [-0.3, -0.25) is 9.67 Å². The Balaban J connectivity index is 1.48. The van der Waals surface area contributed by atoms with Crippen LogP contribution in [-0.4, -0.2) is 42.7 Å². The molecule has 3 aromatic heterocycles. The number of hydrogen-bond acceptors (Lipinski definition) is 7. The van der Waals surface area contributed by atoms with E-state index in [2.05, 4.69) is 57.9 Å². The van der Waals surface area contributed by atoms with Gasteiger partial charge in [0.05, 0.1) is 40.2 Å². The van der Waals surface area contributed by atoms with E-state index in [4.69, 9.17) is 11.6 Å². The van der Waals surface area contributed by atoms with Gasteiger partial charge in [-0.05, 0) is 54.0 Å². The lowest BCUT2D eigenvalue weighted by molar-refractivity contribution is 0.0593. The number of alkyl halides is 2. The van der Waals surface area contributed by atoms with Gasteiger partial charge < -0.3 is 10.6 Å². The molecule has 0 saturated heterocycles. The molecule has 2 aromatic carbocycles. The fraction of sp³-hybridized carbons (Fsp3) is 0.364. The lowest BCUT2D eigenvalue weighted by atomic mass is 9.92. The molecule has 12 heteroatoms. The molecule has 3 heterocycles. The van der Waals surface area contributed by atoms with Gasteiger partial charge in [-0.2, -0.15) is 10.4 Å². The Bertz CT molecular complexity index is 1930. The number of anilines is 2. The Morgan fingerprint density at radius 1 is 1.16 bits per heavy atom. The van der Waals surface area contributed by atoms with Gasteiger partial charge in [0, 0.05) is 42.6 Å². The Kier molecular flexibility index (Phi) is 7.73. The van der Waals surface area contributed by atoms with Crippen LogP contribution in [-0.2, 0) is 12.6 Å². The average molecular weight is 630 g/mol. The summed E-state index contributed by atoms with van der Waals surface area (Å²) in [5, 5.41) is 30.9. The van der Waals surface area contributed by atoms with E-state index in [1.54, 1.807) is 23.1 Å². The van der Waals surface area contributed by atoms with Gasteiger partial charge in [-0.1, -0.05) is 55.8 Å². The zero-order valence-electron chi connectivity index (χ0n) is 25.7. The third-order valence-corrected chi connectivity index (χ3v) is 8.57. The number of aryl methyl sites for hydroxylation is 1. The number of nitrogens with zero attached hydrogens (tertiary/aromatic N) is 7. The number of halogens is 3. The summed E-state index contributed by atoms with van der Waals surface area (Å²) >= 11 is 6.80. The molecule has 1 aliphatic carbocycles. The topological polar surface area (TPSA) is 109 Å². The summed E-state index contributed by atoms with van der Waals surface area (Å²) in [4.78, 5) is 4.48. The molecule has 0 radical (unpaired) electrons. The highest BCUT2D eigenvalue weighted by Gasteiger charge is 2.54. The lowest BCUT2D eigenvalue weighted by Crippen LogP contribution is -2.26. The highest BCUT2D eigenvalue weighted by molar-refractivity contribution is 6.35. The van der Waals surface area contributed by atoms with Crippen LogP contribution in [0.1, 0.15) is 62.0 Å². The minimum Gasteiger partial charge on any atom is -0.383 e. The monoisotopic (exact) mass is 629 g/mol. The summed E-state index contributed by atoms with van der Waals surface area (Å²) < 4.78 is 31.1. The summed E-state index contributed by atoms with van der Waals surface area (Å²) in [6.45, 7) is 8.95. The Labute approximate surface area is 265 Å². The molecule has 2 N–H and O–H groups in total. The molecule has 0 spiro atoms. The fourth-order valence-electron chi connectivity index (χ4n) is 5.59. The molecule has 1 unspecified atom stereocenters. The van der Waals surface area contributed by atoms with Crippen molar-refractivity contribution in [1.29, 1.82) is 5.26 Å². The second-order valence-electron chi connectivity index (χ2n) is 12.9. The molecule has 9 nitrogen and oxygen atoms in total. The molecule has 1 aliphatic rings. The van der Waals surface area contributed by atoms with Crippen LogP contribution in [0.25, 0.3) is 22.0 Å². The van der Waals surface area contributed by atoms with Crippen molar-refractivity contribution >= 4 is 33.9 Å². The van der Waals surface area contributed by atoms with Crippen molar-refractivity contribution in [2.75, 3.05) is 17.2 Å². The highest BCUT2D eigenvalue weighted by Crippen LogP contribution is 2.48. The van der Waals surface area contributed by atoms with Crippen LogP contribution in [0.15, 0.2) is 55.1 Å². The van der Waals surface area contributed by atoms with Crippen molar-refractivity contribution in [1.82, 2.24) is 29.8 Å². The zero-order chi connectivity index (χ0) is 32.1. The van der Waals surface area contributed by atoms with Gasteiger partial charge in [-0.15, -0.1) is 5.10 Å². The molecular formula is C33H34ClF2N9. The van der Waals surface area contributed by atoms with Gasteiger partial charge in [0.25, 0.3) is 6.43 Å². The van der Waals surface area contributed by atoms with Crippen LogP contribution in [0.3, 0.4) is 0 Å². The maximum absolute atomic E-state index is 14.0. The standard InChI is InChI=1S/C33H34ClF2N9/c1-19-23(21-15-40-44(5)16-21)7-6-8-24(19)30(27-17-45(43-42-27)33(9-10-33)31(35)36)41-22-11-25-28(39-18-32(2,3)4)20(13-37)14-38-29(25)26(34)12-22/h6-8,11-12,14-17,30-31,41H,9-10,18H2,1-5H3,(H,38,39). The summed E-state index contributed by atoms with van der Waals surface area (Å²) in [5.74, 6) is 0. The number of nitriles is 1. The summed E-state index contributed by atoms with van der Waals surface area (Å²) in [6.07, 6.45) is 5.03. The Morgan fingerprint density at radius 3 is 2.58 bits per heavy atom. The average Bonchev–Trinajstić information content (AvgIpc) is 3.46. The van der Waals surface area contributed by atoms with Crippen LogP contribution >= 0.6 is 11.6 Å². The molecule has 0 aliphatic heterocycles. The van der Waals surface area contributed by atoms with Gasteiger partial charge in [0.2, 0.25) is 0 Å². The smallest absolute Gasteiger partial charge is 0.263 e. The van der Waals surface area contributed by atoms with E-state index < -0.39 is 18.0 Å². The van der Waals surface area contributed by atoms with E-state index in [1.165, 1.54) is 10.9 Å². The number of pyridine rings is 1. The van der Waals surface area contributed by atoms with Crippen LogP contribution in [0.2, 0.25) is 5.02 Å². The first-order valence-electron chi connectivity index (χ1n) is 14.7. The first-order chi connectivity index (χ1) is 21.4. The first kappa shape index (κ1) is 30.5. The molecule has 232 valence electrons. The second-order valence-corrected chi connectivity index (χ2v) is 13.3. The molecule has 0 bridgehead atoms. The molecule has 1 saturated carbocycles. The molecule has 45 heavy (non-hydrogen) atoms. The minimum absolute atomic E-state index is 0.0488. The van der Waals surface area contributed by atoms with E-state index in [0.717, 1.165) is 22.3 Å². The van der Waals surface area contributed by atoms with E-state index in [9.17, 15) is 14.0 Å². The summed E-state index contributed by atoms with van der Waals surface area (Å²) in [5.41, 5.74) is 5.16. The van der Waals surface area contributed by atoms with Crippen LogP contribution < -0.4 is 10.6 Å². The van der Waals surface area contributed by atoms with Crippen molar-refractivity contribution in [3.8, 4) is 17.2 Å². The van der Waals surface area contributed by atoms with E-state index in [1.807, 2.05) is 44.4 Å². The lowest BCUT2D eigenvalue weighted by Gasteiger charge is -2.23. The molecule has 5 aromatic rings. The largest absolute Gasteiger partial charge is 0.383 e. The van der Waals surface area contributed by atoms with E-state index in [0.29, 0.717) is 57.9 Å². The molecule has 1 fully saturated rings. The van der Waals surface area contributed by atoms with Crippen molar-refractivity contribution in [2.45, 2.75) is 58.5 Å². The predicted octanol–water partition coefficient (Wildman–Crippen LogP) is 7.47. The molecule has 0 amide bonds. The van der Waals surface area contributed by atoms with Crippen molar-refractivity contribution in [3.05, 3.63) is 82.5 Å². The van der Waals surface area contributed by atoms with Gasteiger partial charge in [-0.25, -0.2) is 13.5 Å². The number of benzene rings is 2. The highest BCUT2D eigenvalue weighted by atomic mass is 35.5. The van der Waals surface area contributed by atoms with Crippen molar-refractivity contribution in [3.63, 3.8) is 0 Å². The fourth-order valence-corrected chi connectivity index (χ4v) is 5.86. The number of aromatic nitrogens is 6. The number of hydrogen-bond donors (Lipinski definition) is 2. The maximum Gasteiger partial charge on any atom is 0.263 e. The quantitative estimate of drug-likeness (QED) is 0.174. The third-order valence-electron chi connectivity index (χ3n) is 8.29. The second kappa shape index (κ2) is 11.4. The number of nitrogens with one attached hydrogen (secondary N) is 2. The molecule has 6 rings (SSSR count). The SMILES string of the molecule is Cc1c(-c2cnn(C)c2)cccc1C(Nc1cc(Cl)c2ncc(C#N)c(NCC(C)(C)C)c2c1)c1cn(C2(C(F)F)CC2)nn1. The van der Waals surface area contributed by atoms with Gasteiger partial charge >= 0.3 is 0 Å². The van der Waals surface area contributed by atoms with Crippen LogP contribution in [0.4, 0.5) is 20.2 Å². The van der Waals surface area contributed by atoms with Crippen molar-refractivity contribution < 1.29 is 8.78 Å². The Hall–Kier alpha value is -4.56. The molecule has 1 atom stereocenters. The predicted molar refractivity (Wildman–Crippen MR) is 171 cm³/mol. The van der Waals surface area contributed by atoms with Crippen LogP contribution in [0, 0.1) is 23.7 Å². The minimum atomic E-state index is -2.55. The zero-order valence-corrected chi connectivity index (χ0v) is 26.5. The van der Waals surface area contributed by atoms with Crippen LogP contribution in [0.5, 0.6) is 0 Å². The number of fused-ring (bicyclic) bond motifs is 1. The van der Waals surface area contributed by atoms with E-state index in [-0.39, 0.29) is 5.41 Å².